The number of hydrogen-bond donors (Lipinski definition) is 0. The van der Waals surface area contributed by atoms with E-state index in [0.717, 1.165) is 12.0 Å². The van der Waals surface area contributed by atoms with Gasteiger partial charge in [-0.15, -0.1) is 11.6 Å². The highest BCUT2D eigenvalue weighted by Gasteiger charge is 2.06. The molecule has 1 rings (SSSR count). The molecule has 15 heavy (non-hydrogen) atoms. The quantitative estimate of drug-likeness (QED) is 0.581. The largest absolute Gasteiger partial charge is 0.463 e. The van der Waals surface area contributed by atoms with Gasteiger partial charge in [-0.1, -0.05) is 12.2 Å². The van der Waals surface area contributed by atoms with Crippen LogP contribution < -0.4 is 0 Å². The lowest BCUT2D eigenvalue weighted by atomic mass is 10.3. The van der Waals surface area contributed by atoms with Gasteiger partial charge in [-0.25, -0.2) is 14.8 Å². The van der Waals surface area contributed by atoms with Crippen LogP contribution in [-0.2, 0) is 4.74 Å². The summed E-state index contributed by atoms with van der Waals surface area (Å²) in [4.78, 5) is 18.7. The Kier molecular flexibility index (Phi) is 4.77. The van der Waals surface area contributed by atoms with Crippen molar-refractivity contribution in [1.82, 2.24) is 9.97 Å². The first-order chi connectivity index (χ1) is 7.27. The zero-order valence-corrected chi connectivity index (χ0v) is 9.07. The lowest BCUT2D eigenvalue weighted by Crippen LogP contribution is -2.06. The zero-order valence-electron chi connectivity index (χ0n) is 8.31. The van der Waals surface area contributed by atoms with E-state index in [2.05, 4.69) is 14.7 Å². The van der Waals surface area contributed by atoms with E-state index in [1.807, 2.05) is 12.2 Å². The smallest absolute Gasteiger partial charge is 0.376 e. The third-order valence-electron chi connectivity index (χ3n) is 1.63. The van der Waals surface area contributed by atoms with Gasteiger partial charge in [-0.05, 0) is 6.42 Å². The molecule has 0 aromatic carbocycles. The molecule has 0 amide bonds. The second-order valence-electron chi connectivity index (χ2n) is 2.71. The Morgan fingerprint density at radius 3 is 2.73 bits per heavy atom. The standard InChI is InChI=1S/C10H11ClN2O2/c1-15-10(14)9-12-6-8(7-13-9)4-2-3-5-11/h2,4,6-7H,3,5H2,1H3. The van der Waals surface area contributed by atoms with Crippen LogP contribution in [0.4, 0.5) is 0 Å². The first kappa shape index (κ1) is 11.7. The van der Waals surface area contributed by atoms with E-state index in [4.69, 9.17) is 11.6 Å². The molecule has 1 aromatic heterocycles. The molecule has 0 saturated carbocycles. The molecule has 0 radical (unpaired) electrons. The number of carbonyl (C=O) groups is 1. The van der Waals surface area contributed by atoms with Crippen LogP contribution in [0, 0.1) is 0 Å². The lowest BCUT2D eigenvalue weighted by Gasteiger charge is -1.97. The molecule has 0 N–H and O–H groups in total. The van der Waals surface area contributed by atoms with Crippen LogP contribution in [0.15, 0.2) is 18.5 Å². The van der Waals surface area contributed by atoms with Gasteiger partial charge in [0.25, 0.3) is 0 Å². The fourth-order valence-electron chi connectivity index (χ4n) is 0.903. The van der Waals surface area contributed by atoms with Crippen molar-refractivity contribution in [3.8, 4) is 0 Å². The number of methoxy groups -OCH3 is 1. The summed E-state index contributed by atoms with van der Waals surface area (Å²) >= 11 is 5.51. The topological polar surface area (TPSA) is 52.1 Å². The molecule has 0 bridgehead atoms. The fourth-order valence-corrected chi connectivity index (χ4v) is 1.03. The van der Waals surface area contributed by atoms with Gasteiger partial charge >= 0.3 is 5.97 Å². The molecule has 0 spiro atoms. The molecule has 0 aliphatic carbocycles. The molecule has 0 aliphatic rings. The van der Waals surface area contributed by atoms with Crippen LogP contribution in [-0.4, -0.2) is 28.9 Å². The molecular formula is C10H11ClN2O2. The Morgan fingerprint density at radius 1 is 1.53 bits per heavy atom. The highest BCUT2D eigenvalue weighted by Crippen LogP contribution is 2.01. The van der Waals surface area contributed by atoms with Gasteiger partial charge < -0.3 is 4.74 Å². The van der Waals surface area contributed by atoms with Crippen molar-refractivity contribution in [2.24, 2.45) is 0 Å². The number of esters is 1. The van der Waals surface area contributed by atoms with Gasteiger partial charge in [0.1, 0.15) is 0 Å². The number of carbonyl (C=O) groups excluding carboxylic acids is 1. The van der Waals surface area contributed by atoms with Crippen molar-refractivity contribution in [3.63, 3.8) is 0 Å². The highest BCUT2D eigenvalue weighted by molar-refractivity contribution is 6.17. The summed E-state index contributed by atoms with van der Waals surface area (Å²) < 4.78 is 4.48. The van der Waals surface area contributed by atoms with Crippen molar-refractivity contribution in [1.29, 1.82) is 0 Å². The summed E-state index contributed by atoms with van der Waals surface area (Å²) in [5.41, 5.74) is 0.827. The van der Waals surface area contributed by atoms with Crippen LogP contribution in [0.5, 0.6) is 0 Å². The van der Waals surface area contributed by atoms with Crippen molar-refractivity contribution in [2.75, 3.05) is 13.0 Å². The predicted octanol–water partition coefficient (Wildman–Crippen LogP) is 1.91. The minimum absolute atomic E-state index is 0.0620. The molecule has 1 heterocycles. The van der Waals surface area contributed by atoms with Crippen molar-refractivity contribution >= 4 is 23.6 Å². The first-order valence-electron chi connectivity index (χ1n) is 4.40. The first-order valence-corrected chi connectivity index (χ1v) is 4.94. The molecule has 0 unspecified atom stereocenters. The molecule has 5 heteroatoms. The molecule has 80 valence electrons. The Bertz CT molecular complexity index is 349. The van der Waals surface area contributed by atoms with E-state index in [1.165, 1.54) is 7.11 Å². The molecule has 4 nitrogen and oxygen atoms in total. The number of hydrogen-bond acceptors (Lipinski definition) is 4. The van der Waals surface area contributed by atoms with Gasteiger partial charge in [0.15, 0.2) is 0 Å². The normalized spacial score (nSPS) is 10.5. The van der Waals surface area contributed by atoms with E-state index in [0.29, 0.717) is 5.88 Å². The molecule has 1 aromatic rings. The highest BCUT2D eigenvalue weighted by atomic mass is 35.5. The summed E-state index contributed by atoms with van der Waals surface area (Å²) in [6, 6.07) is 0. The maximum atomic E-state index is 11.0. The summed E-state index contributed by atoms with van der Waals surface area (Å²) in [5, 5.41) is 0. The zero-order chi connectivity index (χ0) is 11.1. The Morgan fingerprint density at radius 2 is 2.20 bits per heavy atom. The minimum Gasteiger partial charge on any atom is -0.463 e. The van der Waals surface area contributed by atoms with Crippen LogP contribution in [0.1, 0.15) is 22.6 Å². The molecular weight excluding hydrogens is 216 g/mol. The van der Waals surface area contributed by atoms with E-state index >= 15 is 0 Å². The van der Waals surface area contributed by atoms with Crippen molar-refractivity contribution in [2.45, 2.75) is 6.42 Å². The number of aromatic nitrogens is 2. The molecule has 0 fully saturated rings. The van der Waals surface area contributed by atoms with Crippen molar-refractivity contribution < 1.29 is 9.53 Å². The lowest BCUT2D eigenvalue weighted by molar-refractivity contribution is 0.0586. The van der Waals surface area contributed by atoms with Crippen LogP contribution >= 0.6 is 11.6 Å². The van der Waals surface area contributed by atoms with Gasteiger partial charge in [0, 0.05) is 23.8 Å². The average molecular weight is 227 g/mol. The van der Waals surface area contributed by atoms with E-state index in [1.54, 1.807) is 12.4 Å². The number of alkyl halides is 1. The van der Waals surface area contributed by atoms with Crippen molar-refractivity contribution in [3.05, 3.63) is 29.9 Å². The summed E-state index contributed by atoms with van der Waals surface area (Å²) in [5.74, 6) is 0.107. The third kappa shape index (κ3) is 3.67. The van der Waals surface area contributed by atoms with Crippen LogP contribution in [0.2, 0.25) is 0 Å². The van der Waals surface area contributed by atoms with E-state index in [9.17, 15) is 4.79 Å². The summed E-state index contributed by atoms with van der Waals surface area (Å²) in [6.45, 7) is 0. The van der Waals surface area contributed by atoms with Gasteiger partial charge in [-0.3, -0.25) is 0 Å². The molecule has 0 saturated heterocycles. The van der Waals surface area contributed by atoms with Gasteiger partial charge in [0.05, 0.1) is 7.11 Å². The summed E-state index contributed by atoms with van der Waals surface area (Å²) in [7, 11) is 1.29. The molecule has 0 aliphatic heterocycles. The third-order valence-corrected chi connectivity index (χ3v) is 1.84. The van der Waals surface area contributed by atoms with E-state index < -0.39 is 5.97 Å². The number of allylic oxidation sites excluding steroid dienone is 1. The Balaban J connectivity index is 2.68. The number of nitrogens with zero attached hydrogens (tertiary/aromatic N) is 2. The Hall–Kier alpha value is -1.42. The molecule has 0 atom stereocenters. The SMILES string of the molecule is COC(=O)c1ncc(C=CCCCl)cn1. The van der Waals surface area contributed by atoms with Crippen LogP contribution in [0.25, 0.3) is 6.08 Å². The fraction of sp³-hybridized carbons (Fsp3) is 0.300. The Labute approximate surface area is 92.9 Å². The maximum absolute atomic E-state index is 11.0. The number of rotatable bonds is 4. The monoisotopic (exact) mass is 226 g/mol. The second-order valence-corrected chi connectivity index (χ2v) is 3.09. The summed E-state index contributed by atoms with van der Waals surface area (Å²) in [6.07, 6.45) is 7.68. The van der Waals surface area contributed by atoms with Crippen LogP contribution in [0.3, 0.4) is 0 Å². The van der Waals surface area contributed by atoms with E-state index in [-0.39, 0.29) is 5.82 Å². The second kappa shape index (κ2) is 6.14. The average Bonchev–Trinajstić information content (AvgIpc) is 2.29. The number of halogens is 1. The number of ether oxygens (including phenoxy) is 1. The van der Waals surface area contributed by atoms with Gasteiger partial charge in [-0.2, -0.15) is 0 Å². The van der Waals surface area contributed by atoms with Gasteiger partial charge in [0.2, 0.25) is 5.82 Å². The predicted molar refractivity (Wildman–Crippen MR) is 57.7 cm³/mol. The minimum atomic E-state index is -0.536. The maximum Gasteiger partial charge on any atom is 0.376 e.